The third-order valence-corrected chi connectivity index (χ3v) is 0. The van der Waals surface area contributed by atoms with Crippen molar-refractivity contribution in [2.24, 2.45) is 0 Å². The topological polar surface area (TPSA) is 264 Å². The zero-order valence-electron chi connectivity index (χ0n) is 5.91. The predicted octanol–water partition coefficient (Wildman–Crippen LogP) is -10.8. The Kier molecular flexibility index (Phi) is 138. The van der Waals surface area contributed by atoms with Gasteiger partial charge in [-0.15, -0.1) is 0 Å². The van der Waals surface area contributed by atoms with Crippen molar-refractivity contribution in [3.05, 3.63) is 0 Å². The van der Waals surface area contributed by atoms with Gasteiger partial charge in [0.1, 0.15) is 0 Å². The van der Waals surface area contributed by atoms with Crippen molar-refractivity contribution in [2.45, 2.75) is 0 Å². The summed E-state index contributed by atoms with van der Waals surface area (Å²) in [5.74, 6) is 0. The molecular weight excluding hydrogens is 344 g/mol. The average molecular weight is 352 g/mol. The van der Waals surface area contributed by atoms with Gasteiger partial charge in [0, 0.05) is 0 Å². The fourth-order valence-electron chi connectivity index (χ4n) is 0. The maximum Gasteiger partial charge on any atom is 2.00 e. The molecule has 84 valence electrons. The fraction of sp³-hybridized carbons (Fsp3) is 0. The van der Waals surface area contributed by atoms with Gasteiger partial charge in [-0.2, -0.15) is 0 Å². The molecular formula is H8Br2MgO10. The van der Waals surface area contributed by atoms with Crippen molar-refractivity contribution in [2.75, 3.05) is 0 Å². The van der Waals surface area contributed by atoms with Crippen LogP contribution in [0.1, 0.15) is 0 Å². The minimum absolute atomic E-state index is 0. The van der Waals surface area contributed by atoms with Crippen molar-refractivity contribution < 1.29 is 76.7 Å². The molecule has 0 unspecified atom stereocenters. The van der Waals surface area contributed by atoms with Crippen LogP contribution in [0.25, 0.3) is 0 Å². The van der Waals surface area contributed by atoms with Gasteiger partial charge in [0.15, 0.2) is 0 Å². The zero-order valence-corrected chi connectivity index (χ0v) is 10.5. The zero-order chi connectivity index (χ0) is 7.15. The smallest absolute Gasteiger partial charge is 0.412 e. The van der Waals surface area contributed by atoms with Gasteiger partial charge in [0.05, 0.1) is 0 Å². The maximum absolute atomic E-state index is 8.52. The molecule has 0 aliphatic heterocycles. The van der Waals surface area contributed by atoms with Crippen LogP contribution in [0, 0.1) is 29.6 Å². The van der Waals surface area contributed by atoms with Crippen LogP contribution in [-0.2, 0) is 0 Å². The number of rotatable bonds is 0. The van der Waals surface area contributed by atoms with E-state index in [4.69, 9.17) is 25.2 Å². The quantitative estimate of drug-likeness (QED) is 0.381. The van der Waals surface area contributed by atoms with E-state index in [0.717, 1.165) is 0 Å². The van der Waals surface area contributed by atoms with Gasteiger partial charge in [-0.1, -0.05) is 0 Å². The van der Waals surface area contributed by atoms with Crippen LogP contribution >= 0.6 is 0 Å². The van der Waals surface area contributed by atoms with Gasteiger partial charge in [0.2, 0.25) is 29.6 Å². The molecule has 0 saturated heterocycles. The van der Waals surface area contributed by atoms with E-state index >= 15 is 0 Å². The van der Waals surface area contributed by atoms with E-state index in [9.17, 15) is 0 Å². The molecule has 0 rings (SSSR count). The first kappa shape index (κ1) is 47.4. The number of halogens is 2. The van der Waals surface area contributed by atoms with Gasteiger partial charge < -0.3 is 47.1 Å². The molecule has 10 nitrogen and oxygen atoms in total. The third kappa shape index (κ3) is 972. The second-order valence-corrected chi connectivity index (χ2v) is 1.96. The van der Waals surface area contributed by atoms with Crippen LogP contribution in [0.3, 0.4) is 0 Å². The molecule has 0 saturated carbocycles. The molecule has 0 aromatic rings. The first-order valence-corrected chi connectivity index (χ1v) is 4.81. The Hall–Kier alpha value is 1.33. The van der Waals surface area contributed by atoms with Crippen LogP contribution in [-0.4, -0.2) is 45.0 Å². The van der Waals surface area contributed by atoms with Crippen LogP contribution < -0.4 is 25.2 Å². The molecule has 0 heterocycles. The van der Waals surface area contributed by atoms with E-state index in [1.807, 2.05) is 0 Å². The fourth-order valence-corrected chi connectivity index (χ4v) is 0. The molecule has 13 heavy (non-hydrogen) atoms. The van der Waals surface area contributed by atoms with Crippen molar-refractivity contribution in [1.29, 1.82) is 0 Å². The molecule has 0 bridgehead atoms. The van der Waals surface area contributed by atoms with Crippen LogP contribution in [0.2, 0.25) is 0 Å². The summed E-state index contributed by atoms with van der Waals surface area (Å²) in [4.78, 5) is 0. The molecule has 0 amide bonds. The minimum atomic E-state index is -3.65. The average Bonchev–Trinajstić information content (AvgIpc) is 1.25. The molecule has 13 heteroatoms. The van der Waals surface area contributed by atoms with Gasteiger partial charge in [-0.05, 0) is 0 Å². The number of hydrogen-bond donors (Lipinski definition) is 0. The summed E-state index contributed by atoms with van der Waals surface area (Å²) in [6.45, 7) is 0. The van der Waals surface area contributed by atoms with Gasteiger partial charge in [-0.3, -0.25) is 0 Å². The van der Waals surface area contributed by atoms with Crippen molar-refractivity contribution in [1.82, 2.24) is 0 Å². The van der Waals surface area contributed by atoms with Crippen LogP contribution in [0.15, 0.2) is 0 Å². The van der Waals surface area contributed by atoms with Crippen LogP contribution in [0.5, 0.6) is 0 Å². The minimum Gasteiger partial charge on any atom is -0.412 e. The normalized spacial score (nSPS) is 5.54. The summed E-state index contributed by atoms with van der Waals surface area (Å²) in [5.41, 5.74) is 0. The Labute approximate surface area is 99.5 Å². The van der Waals surface area contributed by atoms with Crippen molar-refractivity contribution in [3.63, 3.8) is 0 Å². The standard InChI is InChI=1S/2BrO3.Mg.4H2O/c2*2-1(3)4;;;;;/h;;;4*1H2/q2*-1;+2;;;;. The molecule has 0 aromatic heterocycles. The molecule has 8 N–H and O–H groups in total. The second kappa shape index (κ2) is 37.7. The molecule has 0 aliphatic rings. The van der Waals surface area contributed by atoms with Crippen molar-refractivity contribution in [3.8, 4) is 0 Å². The van der Waals surface area contributed by atoms with E-state index < -0.39 is 29.6 Å². The van der Waals surface area contributed by atoms with Gasteiger partial charge >= 0.3 is 23.1 Å². The molecule has 0 fully saturated rings. The number of hydrogen-bond acceptors (Lipinski definition) is 6. The second-order valence-electron chi connectivity index (χ2n) is 0.378. The van der Waals surface area contributed by atoms with Gasteiger partial charge in [0.25, 0.3) is 0 Å². The Morgan fingerprint density at radius 1 is 0.462 bits per heavy atom. The first-order chi connectivity index (χ1) is 3.46. The summed E-state index contributed by atoms with van der Waals surface area (Å²) >= 11 is -7.29. The predicted molar refractivity (Wildman–Crippen MR) is 20.2 cm³/mol. The summed E-state index contributed by atoms with van der Waals surface area (Å²) < 4.78 is 51.1. The maximum atomic E-state index is 8.52. The summed E-state index contributed by atoms with van der Waals surface area (Å²) in [6.07, 6.45) is 0. The molecule has 0 atom stereocenters. The van der Waals surface area contributed by atoms with E-state index in [1.165, 1.54) is 0 Å². The third-order valence-electron chi connectivity index (χ3n) is 0. The van der Waals surface area contributed by atoms with Gasteiger partial charge in [-0.25, -0.2) is 0 Å². The molecule has 0 radical (unpaired) electrons. The van der Waals surface area contributed by atoms with E-state index in [0.29, 0.717) is 0 Å². The van der Waals surface area contributed by atoms with E-state index in [-0.39, 0.29) is 45.0 Å². The largest absolute Gasteiger partial charge is 2.00 e. The summed E-state index contributed by atoms with van der Waals surface area (Å²) in [7, 11) is 0. The molecule has 0 aliphatic carbocycles. The van der Waals surface area contributed by atoms with E-state index in [1.54, 1.807) is 0 Å². The monoisotopic (exact) mass is 350 g/mol. The Balaban J connectivity index is -0.00000000800. The van der Waals surface area contributed by atoms with Crippen LogP contribution in [0.4, 0.5) is 0 Å². The molecule has 0 spiro atoms. The SMILES string of the molecule is O.O.O.O.[Mg+2].[O-][Br+2]([O-])[O-].[O-][Br+2]([O-])[O-]. The van der Waals surface area contributed by atoms with Crippen molar-refractivity contribution >= 4 is 23.1 Å². The Bertz CT molecular complexity index is 28.4. The first-order valence-electron chi connectivity index (χ1n) is 0.926. The van der Waals surface area contributed by atoms with E-state index in [2.05, 4.69) is 0 Å². The summed E-state index contributed by atoms with van der Waals surface area (Å²) in [5, 5.41) is 0. The Morgan fingerprint density at radius 2 is 0.462 bits per heavy atom. The summed E-state index contributed by atoms with van der Waals surface area (Å²) in [6, 6.07) is 0. The molecule has 0 aromatic carbocycles. The Morgan fingerprint density at radius 3 is 0.462 bits per heavy atom.